The second-order valence-electron chi connectivity index (χ2n) is 17.0. The van der Waals surface area contributed by atoms with Gasteiger partial charge in [-0.2, -0.15) is 13.9 Å². The third-order valence-corrected chi connectivity index (χ3v) is 16.3. The van der Waals surface area contributed by atoms with E-state index < -0.39 is 31.5 Å². The minimum Gasteiger partial charge on any atom is -0.493 e. The molecule has 0 spiro atoms. The molecule has 1 N–H and O–H groups in total. The molecule has 0 radical (unpaired) electrons. The Morgan fingerprint density at radius 2 is 1.08 bits per heavy atom. The average Bonchev–Trinajstić information content (AvgIpc) is 3.25. The highest BCUT2D eigenvalue weighted by Crippen LogP contribution is 2.36. The fraction of sp³-hybridized carbons (Fsp3) is 0.745. The maximum absolute atomic E-state index is 15.2. The van der Waals surface area contributed by atoms with Gasteiger partial charge in [0.15, 0.2) is 5.69 Å². The molecular formula is C47H80N6O6S2. The summed E-state index contributed by atoms with van der Waals surface area (Å²) in [6.07, 6.45) is 14.7. The molecule has 14 heteroatoms. The Hall–Kier alpha value is -3.12. The van der Waals surface area contributed by atoms with Crippen LogP contribution in [-0.2, 0) is 26.6 Å². The lowest BCUT2D eigenvalue weighted by atomic mass is 9.97. The Kier molecular flexibility index (Phi) is 24.0. The fourth-order valence-electron chi connectivity index (χ4n) is 8.06. The van der Waals surface area contributed by atoms with Crippen LogP contribution in [-0.4, -0.2) is 61.3 Å². The van der Waals surface area contributed by atoms with Crippen molar-refractivity contribution in [2.45, 2.75) is 188 Å². The van der Waals surface area contributed by atoms with E-state index in [1.165, 1.54) is 25.1 Å². The first-order chi connectivity index (χ1) is 29.1. The normalized spacial score (nSPS) is 14.5. The highest BCUT2D eigenvalue weighted by Gasteiger charge is 2.34. The first kappa shape index (κ1) is 54.0. The van der Waals surface area contributed by atoms with Gasteiger partial charge in [0.05, 0.1) is 4.90 Å². The number of benzene rings is 1. The van der Waals surface area contributed by atoms with E-state index in [1.807, 2.05) is 6.07 Å². The first-order valence-electron chi connectivity index (χ1n) is 23.5. The summed E-state index contributed by atoms with van der Waals surface area (Å²) in [5.74, 6) is 0.0427. The van der Waals surface area contributed by atoms with Gasteiger partial charge in [-0.25, -0.2) is 16.8 Å². The summed E-state index contributed by atoms with van der Waals surface area (Å²) in [5.41, 5.74) is -1.23. The van der Waals surface area contributed by atoms with Gasteiger partial charge in [0.25, 0.3) is 5.56 Å². The Morgan fingerprint density at radius 3 is 1.44 bits per heavy atom. The monoisotopic (exact) mass is 889 g/mol. The number of aromatic hydroxyl groups is 1. The Bertz CT molecular complexity index is 1960. The molecule has 0 saturated heterocycles. The van der Waals surface area contributed by atoms with Crippen LogP contribution in [0.4, 0.5) is 11.4 Å². The van der Waals surface area contributed by atoms with E-state index in [0.29, 0.717) is 26.2 Å². The van der Waals surface area contributed by atoms with E-state index in [0.717, 1.165) is 107 Å². The molecule has 4 unspecified atom stereocenters. The van der Waals surface area contributed by atoms with Gasteiger partial charge in [-0.3, -0.25) is 9.36 Å². The molecule has 1 heterocycles. The number of aromatic nitrogens is 1. The van der Waals surface area contributed by atoms with Crippen molar-refractivity contribution in [1.29, 1.82) is 5.26 Å². The maximum Gasteiger partial charge on any atom is 0.281 e. The van der Waals surface area contributed by atoms with Crippen molar-refractivity contribution in [3.05, 3.63) is 39.7 Å². The smallest absolute Gasteiger partial charge is 0.281 e. The molecule has 1 aromatic heterocycles. The number of nitrogens with zero attached hydrogens (tertiary/aromatic N) is 6. The largest absolute Gasteiger partial charge is 0.493 e. The van der Waals surface area contributed by atoms with Gasteiger partial charge in [-0.1, -0.05) is 132 Å². The van der Waals surface area contributed by atoms with Gasteiger partial charge in [0.2, 0.25) is 25.9 Å². The lowest BCUT2D eigenvalue weighted by molar-refractivity contribution is 0.270. The molecule has 12 nitrogen and oxygen atoms in total. The minimum atomic E-state index is -4.30. The van der Waals surface area contributed by atoms with Crippen LogP contribution in [0.3, 0.4) is 0 Å². The summed E-state index contributed by atoms with van der Waals surface area (Å²) in [7, 11) is -8.48. The average molecular weight is 889 g/mol. The standard InChI is InChI=1S/C47H80N6O6S2/c1-11-20-24-37(15-5)32-51(33-38(16-6)25-21-12-2)60(56,57)41-28-29-44(43(30-41)49-50-45-36(10)42(31-48)46(54)53(19-9)47(45)55)61(58,59)52(34-39(17-7)26-22-13-3)35-40(18-8)27-23-14-4/h28-30,37-40,54H,11-27,32-35H2,1-10H3. The Morgan fingerprint density at radius 1 is 0.672 bits per heavy atom. The lowest BCUT2D eigenvalue weighted by Gasteiger charge is -2.31. The third-order valence-electron chi connectivity index (χ3n) is 12.5. The summed E-state index contributed by atoms with van der Waals surface area (Å²) in [6, 6.07) is 5.96. The molecule has 1 aromatic carbocycles. The van der Waals surface area contributed by atoms with Crippen LogP contribution >= 0.6 is 0 Å². The molecule has 346 valence electrons. The number of rotatable bonds is 31. The van der Waals surface area contributed by atoms with E-state index >= 15 is 8.42 Å². The number of hydrogen-bond donors (Lipinski definition) is 1. The zero-order valence-corrected chi connectivity index (χ0v) is 41.0. The predicted octanol–water partition coefficient (Wildman–Crippen LogP) is 12.0. The molecule has 2 rings (SSSR count). The summed E-state index contributed by atoms with van der Waals surface area (Å²) in [6.45, 7) is 21.3. The number of sulfonamides is 2. The van der Waals surface area contributed by atoms with Gasteiger partial charge in [0, 0.05) is 38.3 Å². The second-order valence-corrected chi connectivity index (χ2v) is 20.8. The number of hydrogen-bond acceptors (Lipinski definition) is 9. The van der Waals surface area contributed by atoms with E-state index in [-0.39, 0.29) is 62.5 Å². The molecular weight excluding hydrogens is 809 g/mol. The van der Waals surface area contributed by atoms with Crippen LogP contribution in [0.15, 0.2) is 43.0 Å². The van der Waals surface area contributed by atoms with Crippen LogP contribution in [0.2, 0.25) is 0 Å². The third kappa shape index (κ3) is 15.0. The van der Waals surface area contributed by atoms with E-state index in [1.54, 1.807) is 15.5 Å². The molecule has 0 aliphatic rings. The van der Waals surface area contributed by atoms with Crippen LogP contribution < -0.4 is 5.56 Å². The van der Waals surface area contributed by atoms with E-state index in [2.05, 4.69) is 65.6 Å². The minimum absolute atomic E-state index is 0.0432. The van der Waals surface area contributed by atoms with Crippen molar-refractivity contribution in [3.8, 4) is 11.9 Å². The molecule has 0 bridgehead atoms. The van der Waals surface area contributed by atoms with Gasteiger partial charge in [0.1, 0.15) is 22.2 Å². The van der Waals surface area contributed by atoms with Gasteiger partial charge in [-0.15, -0.1) is 10.2 Å². The van der Waals surface area contributed by atoms with Crippen molar-refractivity contribution in [1.82, 2.24) is 13.2 Å². The highest BCUT2D eigenvalue weighted by molar-refractivity contribution is 7.89. The quantitative estimate of drug-likeness (QED) is 0.0736. The SMILES string of the molecule is CCCCC(CC)CN(CC(CC)CCCC)S(=O)(=O)c1ccc(S(=O)(=O)N(CC(CC)CCCC)CC(CC)CCCC)c(N=Nc2c(C)c(C#N)c(O)n(CC)c2=O)c1. The van der Waals surface area contributed by atoms with Crippen LogP contribution in [0.25, 0.3) is 0 Å². The summed E-state index contributed by atoms with van der Waals surface area (Å²) >= 11 is 0. The van der Waals surface area contributed by atoms with Crippen LogP contribution in [0.1, 0.15) is 176 Å². The molecule has 4 atom stereocenters. The van der Waals surface area contributed by atoms with Gasteiger partial charge >= 0.3 is 0 Å². The van der Waals surface area contributed by atoms with Crippen molar-refractivity contribution >= 4 is 31.4 Å². The molecule has 0 saturated carbocycles. The zero-order valence-electron chi connectivity index (χ0n) is 39.4. The zero-order chi connectivity index (χ0) is 45.8. The second kappa shape index (κ2) is 27.2. The summed E-state index contributed by atoms with van der Waals surface area (Å²) in [4.78, 5) is 13.3. The summed E-state index contributed by atoms with van der Waals surface area (Å²) < 4.78 is 64.5. The summed E-state index contributed by atoms with van der Waals surface area (Å²) in [5, 5.41) is 29.3. The molecule has 2 aromatic rings. The fourth-order valence-corrected chi connectivity index (χ4v) is 11.4. The predicted molar refractivity (Wildman–Crippen MR) is 249 cm³/mol. The Balaban J connectivity index is 3.04. The topological polar surface area (TPSA) is 166 Å². The maximum atomic E-state index is 15.2. The lowest BCUT2D eigenvalue weighted by Crippen LogP contribution is -2.39. The van der Waals surface area contributed by atoms with Crippen molar-refractivity contribution in [3.63, 3.8) is 0 Å². The number of nitriles is 1. The Labute approximate surface area is 370 Å². The van der Waals surface area contributed by atoms with Crippen LogP contribution in [0, 0.1) is 41.9 Å². The molecule has 0 fully saturated rings. The molecule has 61 heavy (non-hydrogen) atoms. The van der Waals surface area contributed by atoms with Gasteiger partial charge < -0.3 is 5.11 Å². The van der Waals surface area contributed by atoms with Crippen LogP contribution in [0.5, 0.6) is 5.88 Å². The van der Waals surface area contributed by atoms with Crippen molar-refractivity contribution in [2.24, 2.45) is 33.9 Å². The van der Waals surface area contributed by atoms with Gasteiger partial charge in [-0.05, 0) is 81.4 Å². The molecule has 0 aliphatic heterocycles. The number of azo groups is 1. The van der Waals surface area contributed by atoms with Crippen molar-refractivity contribution < 1.29 is 21.9 Å². The molecule has 0 amide bonds. The number of unbranched alkanes of at least 4 members (excludes halogenated alkanes) is 4. The highest BCUT2D eigenvalue weighted by atomic mass is 32.2. The van der Waals surface area contributed by atoms with Crippen molar-refractivity contribution in [2.75, 3.05) is 26.2 Å². The molecule has 0 aliphatic carbocycles. The number of pyridine rings is 1. The van der Waals surface area contributed by atoms with E-state index in [4.69, 9.17) is 0 Å². The first-order valence-corrected chi connectivity index (χ1v) is 26.4. The van der Waals surface area contributed by atoms with E-state index in [9.17, 15) is 23.6 Å².